The van der Waals surface area contributed by atoms with Crippen molar-refractivity contribution in [3.8, 4) is 0 Å². The van der Waals surface area contributed by atoms with Gasteiger partial charge in [-0.15, -0.1) is 0 Å². The second-order valence-corrected chi connectivity index (χ2v) is 6.40. The number of aromatic nitrogens is 1. The van der Waals surface area contributed by atoms with E-state index in [4.69, 9.17) is 4.74 Å². The highest BCUT2D eigenvalue weighted by molar-refractivity contribution is 5.97. The Morgan fingerprint density at radius 1 is 1.26 bits per heavy atom. The van der Waals surface area contributed by atoms with Gasteiger partial charge in [-0.05, 0) is 30.5 Å². The number of H-pyrrole nitrogens is 1. The van der Waals surface area contributed by atoms with Crippen LogP contribution in [0.15, 0.2) is 29.1 Å². The Kier molecular flexibility index (Phi) is 4.95. The van der Waals surface area contributed by atoms with Gasteiger partial charge in [-0.25, -0.2) is 0 Å². The Morgan fingerprint density at radius 2 is 1.96 bits per heavy atom. The Hall–Kier alpha value is -2.84. The van der Waals surface area contributed by atoms with Gasteiger partial charge < -0.3 is 14.6 Å². The standard InChI is InChI=1S/C18H17F3N2O4/c1-2-27-15(24)5-10-8-23(9-10)17(26)13-6-11-3-4-12(18(19,20)21)7-14(11)22-16(13)25/h3-4,6-7,10H,2,5,8-9H2,1H3,(H,22,25). The molecule has 1 N–H and O–H groups in total. The van der Waals surface area contributed by atoms with Crippen LogP contribution in [0, 0.1) is 5.92 Å². The van der Waals surface area contributed by atoms with Crippen molar-refractivity contribution >= 4 is 22.8 Å². The van der Waals surface area contributed by atoms with Gasteiger partial charge >= 0.3 is 12.1 Å². The van der Waals surface area contributed by atoms with Crippen molar-refractivity contribution in [3.05, 3.63) is 45.7 Å². The maximum Gasteiger partial charge on any atom is 0.416 e. The van der Waals surface area contributed by atoms with Crippen LogP contribution in [0.4, 0.5) is 13.2 Å². The van der Waals surface area contributed by atoms with Gasteiger partial charge in [0.25, 0.3) is 11.5 Å². The van der Waals surface area contributed by atoms with Crippen molar-refractivity contribution in [2.75, 3.05) is 19.7 Å². The number of esters is 1. The number of fused-ring (bicyclic) bond motifs is 1. The van der Waals surface area contributed by atoms with E-state index in [0.29, 0.717) is 18.5 Å². The fourth-order valence-electron chi connectivity index (χ4n) is 3.03. The number of alkyl halides is 3. The number of pyridine rings is 1. The first-order chi connectivity index (χ1) is 12.7. The minimum absolute atomic E-state index is 0.00942. The molecule has 0 bridgehead atoms. The molecular weight excluding hydrogens is 365 g/mol. The van der Waals surface area contributed by atoms with Crippen molar-refractivity contribution in [1.82, 2.24) is 9.88 Å². The molecular formula is C18H17F3N2O4. The SMILES string of the molecule is CCOC(=O)CC1CN(C(=O)c2cc3ccc(C(F)(F)F)cc3[nH]c2=O)C1. The molecule has 2 heterocycles. The molecule has 1 aliphatic heterocycles. The summed E-state index contributed by atoms with van der Waals surface area (Å²) in [5.74, 6) is -0.876. The number of ether oxygens (including phenoxy) is 1. The summed E-state index contributed by atoms with van der Waals surface area (Å²) in [6.45, 7) is 2.64. The Bertz CT molecular complexity index is 946. The number of halogens is 3. The number of carbonyl (C=O) groups excluding carboxylic acids is 2. The lowest BCUT2D eigenvalue weighted by molar-refractivity contribution is -0.145. The van der Waals surface area contributed by atoms with Gasteiger partial charge in [-0.1, -0.05) is 6.07 Å². The highest BCUT2D eigenvalue weighted by atomic mass is 19.4. The zero-order valence-corrected chi connectivity index (χ0v) is 14.4. The number of aromatic amines is 1. The third-order valence-electron chi connectivity index (χ3n) is 4.41. The lowest BCUT2D eigenvalue weighted by atomic mass is 9.95. The van der Waals surface area contributed by atoms with E-state index in [0.717, 1.165) is 12.1 Å². The van der Waals surface area contributed by atoms with Crippen molar-refractivity contribution in [2.45, 2.75) is 19.5 Å². The molecule has 1 aromatic heterocycles. The van der Waals surface area contributed by atoms with Crippen LogP contribution in [0.3, 0.4) is 0 Å². The minimum atomic E-state index is -4.52. The lowest BCUT2D eigenvalue weighted by Gasteiger charge is -2.38. The molecule has 27 heavy (non-hydrogen) atoms. The number of likely N-dealkylation sites (tertiary alicyclic amines) is 1. The third-order valence-corrected chi connectivity index (χ3v) is 4.41. The summed E-state index contributed by atoms with van der Waals surface area (Å²) in [6, 6.07) is 4.23. The number of hydrogen-bond donors (Lipinski definition) is 1. The number of carbonyl (C=O) groups is 2. The van der Waals surface area contributed by atoms with Crippen LogP contribution in [-0.2, 0) is 15.7 Å². The van der Waals surface area contributed by atoms with Gasteiger partial charge in [-0.3, -0.25) is 14.4 Å². The summed E-state index contributed by atoms with van der Waals surface area (Å²) in [4.78, 5) is 39.8. The summed E-state index contributed by atoms with van der Waals surface area (Å²) in [7, 11) is 0. The van der Waals surface area contributed by atoms with Crippen molar-refractivity contribution in [3.63, 3.8) is 0 Å². The van der Waals surface area contributed by atoms with Gasteiger partial charge in [0.15, 0.2) is 0 Å². The van der Waals surface area contributed by atoms with Gasteiger partial charge in [0.05, 0.1) is 18.6 Å². The van der Waals surface area contributed by atoms with E-state index in [1.165, 1.54) is 17.0 Å². The molecule has 1 aliphatic rings. The number of hydrogen-bond acceptors (Lipinski definition) is 4. The number of amides is 1. The quantitative estimate of drug-likeness (QED) is 0.825. The topological polar surface area (TPSA) is 79.5 Å². The van der Waals surface area contributed by atoms with Crippen molar-refractivity contribution < 1.29 is 27.5 Å². The van der Waals surface area contributed by atoms with E-state index in [1.807, 2.05) is 0 Å². The molecule has 9 heteroatoms. The van der Waals surface area contributed by atoms with Crippen molar-refractivity contribution in [1.29, 1.82) is 0 Å². The normalized spacial score (nSPS) is 14.9. The van der Waals surface area contributed by atoms with Gasteiger partial charge in [0, 0.05) is 24.5 Å². The van der Waals surface area contributed by atoms with E-state index in [1.54, 1.807) is 6.92 Å². The maximum absolute atomic E-state index is 12.8. The first-order valence-corrected chi connectivity index (χ1v) is 8.38. The van der Waals surface area contributed by atoms with Crippen LogP contribution in [0.1, 0.15) is 29.3 Å². The zero-order chi connectivity index (χ0) is 19.8. The summed E-state index contributed by atoms with van der Waals surface area (Å²) >= 11 is 0. The number of nitrogens with one attached hydrogen (secondary N) is 1. The number of nitrogens with zero attached hydrogens (tertiary/aromatic N) is 1. The van der Waals surface area contributed by atoms with Crippen LogP contribution in [0.2, 0.25) is 0 Å². The third kappa shape index (κ3) is 3.96. The van der Waals surface area contributed by atoms with Crippen LogP contribution < -0.4 is 5.56 Å². The molecule has 0 saturated carbocycles. The minimum Gasteiger partial charge on any atom is -0.466 e. The zero-order valence-electron chi connectivity index (χ0n) is 14.4. The van der Waals surface area contributed by atoms with Gasteiger partial charge in [0.1, 0.15) is 5.56 Å². The number of benzene rings is 1. The van der Waals surface area contributed by atoms with E-state index < -0.39 is 23.2 Å². The summed E-state index contributed by atoms with van der Waals surface area (Å²) in [5, 5.41) is 0.328. The van der Waals surface area contributed by atoms with Crippen LogP contribution in [0.5, 0.6) is 0 Å². The lowest BCUT2D eigenvalue weighted by Crippen LogP contribution is -2.51. The van der Waals surface area contributed by atoms with Crippen LogP contribution >= 0.6 is 0 Å². The summed E-state index contributed by atoms with van der Waals surface area (Å²) in [5.41, 5.74) is -1.76. The maximum atomic E-state index is 12.8. The van der Waals surface area contributed by atoms with E-state index in [9.17, 15) is 27.6 Å². The summed E-state index contributed by atoms with van der Waals surface area (Å²) in [6.07, 6.45) is -4.32. The Labute approximate surface area is 151 Å². The molecule has 1 aromatic carbocycles. The highest BCUT2D eigenvalue weighted by Crippen LogP contribution is 2.31. The Morgan fingerprint density at radius 3 is 2.59 bits per heavy atom. The summed E-state index contributed by atoms with van der Waals surface area (Å²) < 4.78 is 43.2. The molecule has 1 amide bonds. The molecule has 3 rings (SSSR count). The van der Waals surface area contributed by atoms with E-state index >= 15 is 0 Å². The van der Waals surface area contributed by atoms with Gasteiger partial charge in [0.2, 0.25) is 0 Å². The van der Waals surface area contributed by atoms with Crippen LogP contribution in [-0.4, -0.2) is 41.5 Å². The highest BCUT2D eigenvalue weighted by Gasteiger charge is 2.34. The first-order valence-electron chi connectivity index (χ1n) is 8.38. The molecule has 2 aromatic rings. The molecule has 0 radical (unpaired) electrons. The van der Waals surface area contributed by atoms with Crippen molar-refractivity contribution in [2.24, 2.45) is 5.92 Å². The first kappa shape index (κ1) is 18.9. The largest absolute Gasteiger partial charge is 0.466 e. The van der Waals surface area contributed by atoms with E-state index in [2.05, 4.69) is 4.98 Å². The predicted molar refractivity (Wildman–Crippen MR) is 90.2 cm³/mol. The molecule has 6 nitrogen and oxygen atoms in total. The molecule has 1 fully saturated rings. The number of rotatable bonds is 4. The average molecular weight is 382 g/mol. The molecule has 0 spiro atoms. The average Bonchev–Trinajstić information content (AvgIpc) is 2.55. The van der Waals surface area contributed by atoms with Gasteiger partial charge in [-0.2, -0.15) is 13.2 Å². The molecule has 1 saturated heterocycles. The molecule has 0 aliphatic carbocycles. The monoisotopic (exact) mass is 382 g/mol. The second-order valence-electron chi connectivity index (χ2n) is 6.40. The molecule has 144 valence electrons. The smallest absolute Gasteiger partial charge is 0.416 e. The molecule has 0 unspecified atom stereocenters. The molecule has 0 atom stereocenters. The Balaban J connectivity index is 1.75. The fourth-order valence-corrected chi connectivity index (χ4v) is 3.03. The van der Waals surface area contributed by atoms with Crippen LogP contribution in [0.25, 0.3) is 10.9 Å². The predicted octanol–water partition coefficient (Wildman–Crippen LogP) is 2.57. The van der Waals surface area contributed by atoms with E-state index in [-0.39, 0.29) is 36.0 Å². The second kappa shape index (κ2) is 7.05. The fraction of sp³-hybridized carbons (Fsp3) is 0.389.